The zero-order valence-electron chi connectivity index (χ0n) is 9.43. The lowest BCUT2D eigenvalue weighted by molar-refractivity contribution is 0.0751. The number of likely N-dealkylation sites (tertiary alicyclic amines) is 1. The zero-order valence-corrected chi connectivity index (χ0v) is 10.2. The van der Waals surface area contributed by atoms with E-state index in [1.165, 1.54) is 0 Å². The molecule has 1 aromatic carbocycles. The van der Waals surface area contributed by atoms with Crippen molar-refractivity contribution in [2.24, 2.45) is 11.8 Å². The van der Waals surface area contributed by atoms with Crippen molar-refractivity contribution in [3.05, 3.63) is 34.9 Å². The minimum absolute atomic E-state index is 0.0463. The summed E-state index contributed by atoms with van der Waals surface area (Å²) in [4.78, 5) is 14.2. The minimum atomic E-state index is 0.0463. The lowest BCUT2D eigenvalue weighted by Gasteiger charge is -2.18. The van der Waals surface area contributed by atoms with Gasteiger partial charge in [-0.05, 0) is 12.1 Å². The number of halogens is 1. The maximum atomic E-state index is 12.3. The topological polar surface area (TPSA) is 29.5 Å². The largest absolute Gasteiger partial charge is 0.381 e. The summed E-state index contributed by atoms with van der Waals surface area (Å²) in [5.41, 5.74) is 0.607. The van der Waals surface area contributed by atoms with Gasteiger partial charge < -0.3 is 9.64 Å². The Morgan fingerprint density at radius 2 is 1.88 bits per heavy atom. The number of fused-ring (bicyclic) bond motifs is 1. The molecule has 0 saturated carbocycles. The number of ether oxygens (including phenoxy) is 1. The number of hydrogen-bond acceptors (Lipinski definition) is 2. The predicted octanol–water partition coefficient (Wildman–Crippen LogP) is 2.06. The molecule has 0 unspecified atom stereocenters. The molecule has 3 rings (SSSR count). The number of hydrogen-bond donors (Lipinski definition) is 0. The van der Waals surface area contributed by atoms with E-state index in [1.54, 1.807) is 12.1 Å². The number of carbonyl (C=O) groups is 1. The summed E-state index contributed by atoms with van der Waals surface area (Å²) in [6.07, 6.45) is 0. The molecule has 2 atom stereocenters. The van der Waals surface area contributed by atoms with E-state index >= 15 is 0 Å². The first-order valence-electron chi connectivity index (χ1n) is 5.87. The summed E-state index contributed by atoms with van der Waals surface area (Å²) in [5.74, 6) is 1.08. The predicted molar refractivity (Wildman–Crippen MR) is 65.2 cm³/mol. The lowest BCUT2D eigenvalue weighted by atomic mass is 10.0. The molecular weight excluding hydrogens is 238 g/mol. The van der Waals surface area contributed by atoms with Crippen LogP contribution in [0.1, 0.15) is 10.4 Å². The lowest BCUT2D eigenvalue weighted by Crippen LogP contribution is -2.30. The Labute approximate surface area is 105 Å². The van der Waals surface area contributed by atoms with E-state index in [-0.39, 0.29) is 5.91 Å². The normalized spacial score (nSPS) is 27.2. The third-order valence-electron chi connectivity index (χ3n) is 3.63. The summed E-state index contributed by atoms with van der Waals surface area (Å²) in [7, 11) is 0. The smallest absolute Gasteiger partial charge is 0.255 e. The highest BCUT2D eigenvalue weighted by Crippen LogP contribution is 2.30. The Hall–Kier alpha value is -1.06. The first-order chi connectivity index (χ1) is 8.25. The molecule has 0 spiro atoms. The van der Waals surface area contributed by atoms with Crippen LogP contribution in [0.3, 0.4) is 0 Å². The van der Waals surface area contributed by atoms with Crippen molar-refractivity contribution in [3.8, 4) is 0 Å². The molecule has 3 nitrogen and oxygen atoms in total. The average Bonchev–Trinajstić information content (AvgIpc) is 2.88. The summed E-state index contributed by atoms with van der Waals surface area (Å²) < 4.78 is 5.40. The van der Waals surface area contributed by atoms with Crippen LogP contribution in [-0.2, 0) is 4.74 Å². The highest BCUT2D eigenvalue weighted by Gasteiger charge is 2.39. The summed E-state index contributed by atoms with van der Waals surface area (Å²) in [6, 6.07) is 7.23. The molecule has 0 aromatic heterocycles. The van der Waals surface area contributed by atoms with Crippen molar-refractivity contribution in [3.63, 3.8) is 0 Å². The van der Waals surface area contributed by atoms with Gasteiger partial charge in [0, 0.05) is 24.9 Å². The van der Waals surface area contributed by atoms with Gasteiger partial charge in [0.1, 0.15) is 0 Å². The van der Waals surface area contributed by atoms with Crippen LogP contribution in [0.25, 0.3) is 0 Å². The third-order valence-corrected chi connectivity index (χ3v) is 3.96. The van der Waals surface area contributed by atoms with Gasteiger partial charge in [0.15, 0.2) is 0 Å². The van der Waals surface area contributed by atoms with Crippen molar-refractivity contribution in [1.29, 1.82) is 0 Å². The Balaban J connectivity index is 1.78. The van der Waals surface area contributed by atoms with Gasteiger partial charge in [0.05, 0.1) is 23.8 Å². The van der Waals surface area contributed by atoms with Crippen LogP contribution in [0.2, 0.25) is 5.02 Å². The SMILES string of the molecule is O=C(c1ccccc1Cl)N1C[C@H]2COC[C@H]2C1. The average molecular weight is 252 g/mol. The molecule has 2 fully saturated rings. The molecule has 90 valence electrons. The van der Waals surface area contributed by atoms with E-state index in [0.717, 1.165) is 26.3 Å². The van der Waals surface area contributed by atoms with Crippen LogP contribution in [0.15, 0.2) is 24.3 Å². The third kappa shape index (κ3) is 1.94. The molecule has 17 heavy (non-hydrogen) atoms. The Morgan fingerprint density at radius 3 is 2.53 bits per heavy atom. The molecule has 1 aromatic rings. The molecule has 0 N–H and O–H groups in total. The molecular formula is C13H14ClNO2. The molecule has 0 aliphatic carbocycles. The standard InChI is InChI=1S/C13H14ClNO2/c14-12-4-2-1-3-11(12)13(16)15-5-9-7-17-8-10(9)6-15/h1-4,9-10H,5-8H2/t9-,10+. The molecule has 0 radical (unpaired) electrons. The summed E-state index contributed by atoms with van der Waals surface area (Å²) in [5, 5.41) is 0.533. The highest BCUT2D eigenvalue weighted by atomic mass is 35.5. The van der Waals surface area contributed by atoms with E-state index < -0.39 is 0 Å². The quantitative estimate of drug-likeness (QED) is 0.765. The Kier molecular flexibility index (Phi) is 2.81. The second-order valence-corrected chi connectivity index (χ2v) is 5.15. The molecule has 2 heterocycles. The van der Waals surface area contributed by atoms with E-state index in [4.69, 9.17) is 16.3 Å². The van der Waals surface area contributed by atoms with Crippen molar-refractivity contribution in [2.45, 2.75) is 0 Å². The van der Waals surface area contributed by atoms with Crippen LogP contribution >= 0.6 is 11.6 Å². The molecule has 0 bridgehead atoms. The number of nitrogens with zero attached hydrogens (tertiary/aromatic N) is 1. The Morgan fingerprint density at radius 1 is 1.24 bits per heavy atom. The maximum Gasteiger partial charge on any atom is 0.255 e. The van der Waals surface area contributed by atoms with Gasteiger partial charge in [-0.3, -0.25) is 4.79 Å². The molecule has 1 amide bonds. The molecule has 2 aliphatic rings. The van der Waals surface area contributed by atoms with Gasteiger partial charge in [-0.25, -0.2) is 0 Å². The molecule has 2 saturated heterocycles. The van der Waals surface area contributed by atoms with Crippen LogP contribution in [0.5, 0.6) is 0 Å². The van der Waals surface area contributed by atoms with Gasteiger partial charge >= 0.3 is 0 Å². The monoisotopic (exact) mass is 251 g/mol. The zero-order chi connectivity index (χ0) is 11.8. The number of benzene rings is 1. The van der Waals surface area contributed by atoms with E-state index in [9.17, 15) is 4.79 Å². The first-order valence-corrected chi connectivity index (χ1v) is 6.25. The van der Waals surface area contributed by atoms with Crippen LogP contribution in [0.4, 0.5) is 0 Å². The Bertz CT molecular complexity index is 437. The van der Waals surface area contributed by atoms with Gasteiger partial charge in [0.25, 0.3) is 5.91 Å². The van der Waals surface area contributed by atoms with Crippen molar-refractivity contribution in [2.75, 3.05) is 26.3 Å². The first kappa shape index (κ1) is 11.1. The van der Waals surface area contributed by atoms with E-state index in [0.29, 0.717) is 22.4 Å². The number of amides is 1. The fourth-order valence-electron chi connectivity index (χ4n) is 2.66. The van der Waals surface area contributed by atoms with Crippen molar-refractivity contribution < 1.29 is 9.53 Å². The fourth-order valence-corrected chi connectivity index (χ4v) is 2.87. The van der Waals surface area contributed by atoms with Gasteiger partial charge in [-0.2, -0.15) is 0 Å². The van der Waals surface area contributed by atoms with Gasteiger partial charge in [-0.15, -0.1) is 0 Å². The van der Waals surface area contributed by atoms with Crippen LogP contribution in [0, 0.1) is 11.8 Å². The molecule has 2 aliphatic heterocycles. The van der Waals surface area contributed by atoms with Crippen molar-refractivity contribution >= 4 is 17.5 Å². The summed E-state index contributed by atoms with van der Waals surface area (Å²) in [6.45, 7) is 3.18. The second kappa shape index (κ2) is 4.31. The second-order valence-electron chi connectivity index (χ2n) is 4.75. The number of carbonyl (C=O) groups excluding carboxylic acids is 1. The van der Waals surface area contributed by atoms with Crippen molar-refractivity contribution in [1.82, 2.24) is 4.90 Å². The van der Waals surface area contributed by atoms with Crippen LogP contribution < -0.4 is 0 Å². The summed E-state index contributed by atoms with van der Waals surface area (Å²) >= 11 is 6.05. The maximum absolute atomic E-state index is 12.3. The fraction of sp³-hybridized carbons (Fsp3) is 0.462. The van der Waals surface area contributed by atoms with E-state index in [2.05, 4.69) is 0 Å². The minimum Gasteiger partial charge on any atom is -0.381 e. The highest BCUT2D eigenvalue weighted by molar-refractivity contribution is 6.33. The van der Waals surface area contributed by atoms with Crippen LogP contribution in [-0.4, -0.2) is 37.1 Å². The van der Waals surface area contributed by atoms with E-state index in [1.807, 2.05) is 17.0 Å². The van der Waals surface area contributed by atoms with Gasteiger partial charge in [-0.1, -0.05) is 23.7 Å². The number of rotatable bonds is 1. The van der Waals surface area contributed by atoms with Gasteiger partial charge in [0.2, 0.25) is 0 Å². The molecule has 4 heteroatoms.